The maximum absolute atomic E-state index is 14.1. The van der Waals surface area contributed by atoms with Crippen LogP contribution in [0.25, 0.3) is 16.3 Å². The molecule has 0 atom stereocenters. The number of carbonyl (C=O) groups is 3. The molecule has 0 bridgehead atoms. The Hall–Kier alpha value is -3.72. The minimum atomic E-state index is -0.937. The Balaban J connectivity index is 1.50. The second kappa shape index (κ2) is 11.6. The second-order valence-electron chi connectivity index (χ2n) is 12.5. The van der Waals surface area contributed by atoms with Gasteiger partial charge in [-0.3, -0.25) is 14.5 Å². The molecule has 0 unspecified atom stereocenters. The van der Waals surface area contributed by atoms with Crippen molar-refractivity contribution in [1.29, 1.82) is 0 Å². The third-order valence-corrected chi connectivity index (χ3v) is 7.69. The molecule has 9 heteroatoms. The lowest BCUT2D eigenvalue weighted by molar-refractivity contribution is -0.159. The monoisotopic (exact) mass is 577 g/mol. The first-order chi connectivity index (χ1) is 19.1. The summed E-state index contributed by atoms with van der Waals surface area (Å²) in [6.07, 6.45) is 4.25. The Kier molecular flexibility index (Phi) is 8.59. The SMILES string of the molecule is CN(C(=O)C1(CC(=O)OC(C)(C)C)Cc2ccccc2C1)c1nc2ccc(/C=C/CNC(=O)OC(C)(C)C)cc2s1. The number of aromatic nitrogens is 1. The Labute approximate surface area is 245 Å². The lowest BCUT2D eigenvalue weighted by atomic mass is 9.80. The molecular weight excluding hydrogens is 538 g/mol. The van der Waals surface area contributed by atoms with E-state index in [1.165, 1.54) is 11.3 Å². The van der Waals surface area contributed by atoms with E-state index in [2.05, 4.69) is 5.32 Å². The van der Waals surface area contributed by atoms with E-state index >= 15 is 0 Å². The van der Waals surface area contributed by atoms with Gasteiger partial charge >= 0.3 is 12.1 Å². The van der Waals surface area contributed by atoms with E-state index in [9.17, 15) is 14.4 Å². The van der Waals surface area contributed by atoms with E-state index in [1.54, 1.807) is 11.9 Å². The van der Waals surface area contributed by atoms with Crippen LogP contribution in [0.1, 0.15) is 64.7 Å². The van der Waals surface area contributed by atoms with Crippen LogP contribution >= 0.6 is 11.3 Å². The van der Waals surface area contributed by atoms with Gasteiger partial charge < -0.3 is 14.8 Å². The Morgan fingerprint density at radius 2 is 1.63 bits per heavy atom. The zero-order valence-electron chi connectivity index (χ0n) is 24.9. The quantitative estimate of drug-likeness (QED) is 0.330. The number of esters is 1. The first-order valence-corrected chi connectivity index (χ1v) is 14.6. The number of nitrogens with one attached hydrogen (secondary N) is 1. The number of carbonyl (C=O) groups excluding carboxylic acids is 3. The molecule has 4 rings (SSSR count). The largest absolute Gasteiger partial charge is 0.460 e. The fraction of sp³-hybridized carbons (Fsp3) is 0.438. The average Bonchev–Trinajstić information content (AvgIpc) is 3.44. The van der Waals surface area contributed by atoms with Crippen molar-refractivity contribution in [2.45, 2.75) is 72.0 Å². The third kappa shape index (κ3) is 7.73. The minimum absolute atomic E-state index is 0.000702. The predicted octanol–water partition coefficient (Wildman–Crippen LogP) is 6.31. The highest BCUT2D eigenvalue weighted by molar-refractivity contribution is 7.22. The van der Waals surface area contributed by atoms with Crippen LogP contribution in [0.15, 0.2) is 48.5 Å². The van der Waals surface area contributed by atoms with Crippen molar-refractivity contribution in [2.24, 2.45) is 5.41 Å². The summed E-state index contributed by atoms with van der Waals surface area (Å²) in [5, 5.41) is 3.27. The van der Waals surface area contributed by atoms with Crippen molar-refractivity contribution in [2.75, 3.05) is 18.5 Å². The van der Waals surface area contributed by atoms with Crippen LogP contribution in [-0.4, -0.2) is 47.7 Å². The molecule has 1 aliphatic rings. The standard InChI is InChI=1S/C32H39N3O5S/c1-30(2,3)39-26(36)20-32(18-22-12-8-9-13-23(22)19-32)27(37)35(7)28-34-24-15-14-21(17-25(24)41-28)11-10-16-33-29(38)40-31(4,5)6/h8-15,17H,16,18-20H2,1-7H3,(H,33,38)/b11-10+. The summed E-state index contributed by atoms with van der Waals surface area (Å²) in [7, 11) is 1.73. The van der Waals surface area contributed by atoms with Crippen molar-refractivity contribution in [3.63, 3.8) is 0 Å². The number of thiazole rings is 1. The molecule has 0 aliphatic heterocycles. The van der Waals surface area contributed by atoms with E-state index in [-0.39, 0.29) is 18.3 Å². The van der Waals surface area contributed by atoms with Crippen molar-refractivity contribution in [3.8, 4) is 0 Å². The van der Waals surface area contributed by atoms with Crippen molar-refractivity contribution in [3.05, 3.63) is 65.2 Å². The average molecular weight is 578 g/mol. The van der Waals surface area contributed by atoms with Gasteiger partial charge in [0.05, 0.1) is 22.1 Å². The number of ether oxygens (including phenoxy) is 2. The molecule has 0 radical (unpaired) electrons. The van der Waals surface area contributed by atoms with Gasteiger partial charge in [0.25, 0.3) is 0 Å². The molecule has 0 spiro atoms. The molecule has 1 heterocycles. The van der Waals surface area contributed by atoms with Gasteiger partial charge in [-0.05, 0) is 83.2 Å². The summed E-state index contributed by atoms with van der Waals surface area (Å²) in [5.74, 6) is -0.527. The van der Waals surface area contributed by atoms with Crippen molar-refractivity contribution in [1.82, 2.24) is 10.3 Å². The zero-order chi connectivity index (χ0) is 30.0. The molecule has 1 aliphatic carbocycles. The first kappa shape index (κ1) is 30.2. The molecule has 2 aromatic carbocycles. The zero-order valence-corrected chi connectivity index (χ0v) is 25.7. The first-order valence-electron chi connectivity index (χ1n) is 13.7. The Morgan fingerprint density at radius 1 is 1.00 bits per heavy atom. The van der Waals surface area contributed by atoms with Crippen LogP contribution in [0.3, 0.4) is 0 Å². The van der Waals surface area contributed by atoms with Gasteiger partial charge in [-0.2, -0.15) is 0 Å². The van der Waals surface area contributed by atoms with E-state index in [1.807, 2.05) is 96.2 Å². The van der Waals surface area contributed by atoms with Crippen LogP contribution in [0.2, 0.25) is 0 Å². The molecule has 3 aromatic rings. The smallest absolute Gasteiger partial charge is 0.407 e. The number of rotatable bonds is 7. The summed E-state index contributed by atoms with van der Waals surface area (Å²) < 4.78 is 11.8. The molecule has 0 fully saturated rings. The molecular formula is C32H39N3O5S. The fourth-order valence-electron chi connectivity index (χ4n) is 4.97. The molecule has 2 amide bonds. The van der Waals surface area contributed by atoms with Crippen molar-refractivity contribution < 1.29 is 23.9 Å². The summed E-state index contributed by atoms with van der Waals surface area (Å²) in [4.78, 5) is 45.3. The lowest BCUT2D eigenvalue weighted by Gasteiger charge is -2.31. The molecule has 0 saturated heterocycles. The maximum atomic E-state index is 14.1. The highest BCUT2D eigenvalue weighted by Gasteiger charge is 2.48. The van der Waals surface area contributed by atoms with Gasteiger partial charge in [0.2, 0.25) is 5.91 Å². The van der Waals surface area contributed by atoms with Crippen LogP contribution < -0.4 is 10.2 Å². The topological polar surface area (TPSA) is 97.8 Å². The molecule has 1 aromatic heterocycles. The number of amides is 2. The van der Waals surface area contributed by atoms with Crippen LogP contribution in [0, 0.1) is 5.41 Å². The number of fused-ring (bicyclic) bond motifs is 2. The number of anilines is 1. The molecule has 41 heavy (non-hydrogen) atoms. The van der Waals surface area contributed by atoms with Gasteiger partial charge in [0, 0.05) is 13.6 Å². The number of alkyl carbamates (subject to hydrolysis) is 1. The highest BCUT2D eigenvalue weighted by Crippen LogP contribution is 2.43. The number of benzene rings is 2. The molecule has 1 N–H and O–H groups in total. The fourth-order valence-corrected chi connectivity index (χ4v) is 5.94. The van der Waals surface area contributed by atoms with Crippen molar-refractivity contribution >= 4 is 50.7 Å². The van der Waals surface area contributed by atoms with Crippen LogP contribution in [0.4, 0.5) is 9.93 Å². The summed E-state index contributed by atoms with van der Waals surface area (Å²) in [5.41, 5.74) is 1.77. The summed E-state index contributed by atoms with van der Waals surface area (Å²) >= 11 is 1.42. The number of hydrogen-bond acceptors (Lipinski definition) is 7. The van der Waals surface area contributed by atoms with Crippen LogP contribution in [0.5, 0.6) is 0 Å². The van der Waals surface area contributed by atoms with E-state index in [0.29, 0.717) is 24.5 Å². The Morgan fingerprint density at radius 3 is 2.24 bits per heavy atom. The molecule has 0 saturated carbocycles. The van der Waals surface area contributed by atoms with Gasteiger partial charge in [-0.1, -0.05) is 53.8 Å². The summed E-state index contributed by atoms with van der Waals surface area (Å²) in [6.45, 7) is 11.3. The molecule has 8 nitrogen and oxygen atoms in total. The Bertz CT molecular complexity index is 1450. The minimum Gasteiger partial charge on any atom is -0.460 e. The number of hydrogen-bond donors (Lipinski definition) is 1. The highest BCUT2D eigenvalue weighted by atomic mass is 32.1. The third-order valence-electron chi connectivity index (χ3n) is 6.60. The second-order valence-corrected chi connectivity index (χ2v) is 13.5. The molecule has 218 valence electrons. The van der Waals surface area contributed by atoms with E-state index < -0.39 is 22.7 Å². The van der Waals surface area contributed by atoms with Gasteiger partial charge in [0.15, 0.2) is 5.13 Å². The van der Waals surface area contributed by atoms with Gasteiger partial charge in [-0.15, -0.1) is 0 Å². The van der Waals surface area contributed by atoms with E-state index in [0.717, 1.165) is 26.9 Å². The van der Waals surface area contributed by atoms with E-state index in [4.69, 9.17) is 14.5 Å². The van der Waals surface area contributed by atoms with Crippen LogP contribution in [-0.2, 0) is 31.9 Å². The number of nitrogens with zero attached hydrogens (tertiary/aromatic N) is 2. The summed E-state index contributed by atoms with van der Waals surface area (Å²) in [6, 6.07) is 13.8. The lowest BCUT2D eigenvalue weighted by Crippen LogP contribution is -2.45. The van der Waals surface area contributed by atoms with Gasteiger partial charge in [0.1, 0.15) is 11.2 Å². The van der Waals surface area contributed by atoms with Gasteiger partial charge in [-0.25, -0.2) is 9.78 Å². The maximum Gasteiger partial charge on any atom is 0.407 e. The predicted molar refractivity (Wildman–Crippen MR) is 163 cm³/mol. The normalized spacial score (nSPS) is 14.6.